The molecule has 0 saturated carbocycles. The number of sulfonamides is 1. The molecule has 0 aromatic rings. The van der Waals surface area contributed by atoms with Crippen LogP contribution in [0, 0.1) is 0 Å². The van der Waals surface area contributed by atoms with Crippen molar-refractivity contribution < 1.29 is 22.7 Å². The van der Waals surface area contributed by atoms with Crippen molar-refractivity contribution in [2.24, 2.45) is 5.73 Å². The average Bonchev–Trinajstić information content (AvgIpc) is 2.36. The zero-order valence-electron chi connectivity index (χ0n) is 11.3. The minimum atomic E-state index is -3.70. The Morgan fingerprint density at radius 2 is 1.95 bits per heavy atom. The number of nitrogens with zero attached hydrogens (tertiary/aromatic N) is 1. The molecular formula is C10H20N2O5S2. The molecule has 0 radical (unpaired) electrons. The van der Waals surface area contributed by atoms with Gasteiger partial charge < -0.3 is 15.2 Å². The molecule has 7 nitrogen and oxygen atoms in total. The molecule has 0 aliphatic heterocycles. The van der Waals surface area contributed by atoms with Gasteiger partial charge in [0.1, 0.15) is 5.25 Å². The third-order valence-corrected chi connectivity index (χ3v) is 5.28. The van der Waals surface area contributed by atoms with Crippen LogP contribution in [0.1, 0.15) is 13.3 Å². The van der Waals surface area contributed by atoms with Crippen molar-refractivity contribution in [2.45, 2.75) is 18.6 Å². The summed E-state index contributed by atoms with van der Waals surface area (Å²) in [6.07, 6.45) is -0.0382. The third kappa shape index (κ3) is 5.81. The zero-order valence-corrected chi connectivity index (χ0v) is 12.9. The van der Waals surface area contributed by atoms with Crippen LogP contribution in [0.4, 0.5) is 0 Å². The summed E-state index contributed by atoms with van der Waals surface area (Å²) in [5.41, 5.74) is 5.37. The molecule has 0 rings (SSSR count). The minimum absolute atomic E-state index is 0.00528. The first-order chi connectivity index (χ1) is 8.77. The fourth-order valence-electron chi connectivity index (χ4n) is 1.25. The Morgan fingerprint density at radius 3 is 2.37 bits per heavy atom. The highest BCUT2D eigenvalue weighted by Crippen LogP contribution is 2.10. The molecule has 0 spiro atoms. The maximum Gasteiger partial charge on any atom is 0.306 e. The van der Waals surface area contributed by atoms with Gasteiger partial charge in [-0.05, 0) is 6.92 Å². The lowest BCUT2D eigenvalue weighted by molar-refractivity contribution is -0.140. The first kappa shape index (κ1) is 18.2. The monoisotopic (exact) mass is 312 g/mol. The highest BCUT2D eigenvalue weighted by atomic mass is 32.2. The van der Waals surface area contributed by atoms with Gasteiger partial charge in [0.05, 0.1) is 25.1 Å². The largest absolute Gasteiger partial charge is 0.469 e. The Labute approximate surface area is 119 Å². The molecule has 9 heteroatoms. The van der Waals surface area contributed by atoms with Gasteiger partial charge in [0.2, 0.25) is 10.0 Å². The van der Waals surface area contributed by atoms with E-state index in [9.17, 15) is 13.2 Å². The molecule has 0 fully saturated rings. The highest BCUT2D eigenvalue weighted by molar-refractivity contribution is 7.92. The standard InChI is InChI=1S/C10H20N2O5S2/c1-8(10(11)18)19(14,15)12(6-7-16-2)5-4-9(13)17-3/h8H,4-7H2,1-3H3,(H2,11,18). The first-order valence-corrected chi connectivity index (χ1v) is 7.52. The van der Waals surface area contributed by atoms with E-state index in [0.717, 1.165) is 4.31 Å². The Bertz CT molecular complexity index is 410. The van der Waals surface area contributed by atoms with E-state index in [1.807, 2.05) is 0 Å². The van der Waals surface area contributed by atoms with Gasteiger partial charge in [-0.2, -0.15) is 4.31 Å². The van der Waals surface area contributed by atoms with E-state index in [1.54, 1.807) is 0 Å². The molecule has 0 aliphatic rings. The molecule has 0 amide bonds. The van der Waals surface area contributed by atoms with E-state index in [-0.39, 0.29) is 31.1 Å². The van der Waals surface area contributed by atoms with Crippen LogP contribution in [0.25, 0.3) is 0 Å². The Balaban J connectivity index is 4.91. The molecule has 19 heavy (non-hydrogen) atoms. The number of ether oxygens (including phenoxy) is 2. The van der Waals surface area contributed by atoms with Crippen LogP contribution in [0.3, 0.4) is 0 Å². The van der Waals surface area contributed by atoms with E-state index in [1.165, 1.54) is 21.1 Å². The van der Waals surface area contributed by atoms with Gasteiger partial charge in [-0.15, -0.1) is 0 Å². The van der Waals surface area contributed by atoms with Crippen molar-refractivity contribution in [3.8, 4) is 0 Å². The Hall–Kier alpha value is -0.770. The molecule has 0 aromatic heterocycles. The van der Waals surface area contributed by atoms with Gasteiger partial charge in [0.25, 0.3) is 0 Å². The van der Waals surface area contributed by atoms with Crippen LogP contribution in [0.15, 0.2) is 0 Å². The number of hydrogen-bond donors (Lipinski definition) is 1. The van der Waals surface area contributed by atoms with Crippen molar-refractivity contribution in [3.05, 3.63) is 0 Å². The summed E-state index contributed by atoms with van der Waals surface area (Å²) in [6, 6.07) is 0. The molecule has 0 heterocycles. The van der Waals surface area contributed by atoms with Gasteiger partial charge in [0, 0.05) is 20.2 Å². The van der Waals surface area contributed by atoms with E-state index in [0.29, 0.717) is 0 Å². The van der Waals surface area contributed by atoms with Gasteiger partial charge in [-0.3, -0.25) is 4.79 Å². The summed E-state index contributed by atoms with van der Waals surface area (Å²) in [7, 11) is -0.993. The van der Waals surface area contributed by atoms with E-state index >= 15 is 0 Å². The second-order valence-corrected chi connectivity index (χ2v) is 6.53. The smallest absolute Gasteiger partial charge is 0.306 e. The van der Waals surface area contributed by atoms with Crippen LogP contribution in [0.2, 0.25) is 0 Å². The fourth-order valence-corrected chi connectivity index (χ4v) is 3.03. The maximum atomic E-state index is 12.2. The van der Waals surface area contributed by atoms with Crippen molar-refractivity contribution in [1.82, 2.24) is 4.31 Å². The van der Waals surface area contributed by atoms with Crippen LogP contribution in [-0.2, 0) is 24.3 Å². The predicted octanol–water partition coefficient (Wildman–Crippen LogP) is -0.498. The fraction of sp³-hybridized carbons (Fsp3) is 0.800. The lowest BCUT2D eigenvalue weighted by atomic mass is 10.4. The maximum absolute atomic E-state index is 12.2. The second kappa shape index (κ2) is 8.41. The topological polar surface area (TPSA) is 98.9 Å². The lowest BCUT2D eigenvalue weighted by Gasteiger charge is -2.24. The number of carbonyl (C=O) groups is 1. The quantitative estimate of drug-likeness (QED) is 0.453. The van der Waals surface area contributed by atoms with Crippen LogP contribution in [-0.4, -0.2) is 62.8 Å². The summed E-state index contributed by atoms with van der Waals surface area (Å²) in [5, 5.41) is -0.989. The number of carbonyl (C=O) groups excluding carboxylic acids is 1. The molecule has 2 N–H and O–H groups in total. The summed E-state index contributed by atoms with van der Waals surface area (Å²) in [4.78, 5) is 11.0. The SMILES string of the molecule is COCCN(CCC(=O)OC)S(=O)(=O)C(C)C(N)=S. The van der Waals surface area contributed by atoms with Gasteiger partial charge in [-0.25, -0.2) is 8.42 Å². The third-order valence-electron chi connectivity index (χ3n) is 2.55. The molecule has 1 atom stereocenters. The first-order valence-electron chi connectivity index (χ1n) is 5.61. The van der Waals surface area contributed by atoms with Gasteiger partial charge in [0.15, 0.2) is 0 Å². The molecule has 0 saturated heterocycles. The van der Waals surface area contributed by atoms with Crippen LogP contribution >= 0.6 is 12.2 Å². The molecule has 0 aromatic carbocycles. The van der Waals surface area contributed by atoms with Crippen molar-refractivity contribution in [3.63, 3.8) is 0 Å². The summed E-state index contributed by atoms with van der Waals surface area (Å²) >= 11 is 4.71. The highest BCUT2D eigenvalue weighted by Gasteiger charge is 2.30. The number of rotatable bonds is 9. The Kier molecular flexibility index (Phi) is 8.07. The van der Waals surface area contributed by atoms with Crippen LogP contribution < -0.4 is 5.73 Å². The molecule has 0 aliphatic carbocycles. The minimum Gasteiger partial charge on any atom is -0.469 e. The van der Waals surface area contributed by atoms with Crippen molar-refractivity contribution >= 4 is 33.2 Å². The Morgan fingerprint density at radius 1 is 1.37 bits per heavy atom. The number of methoxy groups -OCH3 is 2. The molecule has 112 valence electrons. The summed E-state index contributed by atoms with van der Waals surface area (Å²) in [6.45, 7) is 1.76. The number of thiocarbonyl (C=S) groups is 1. The summed E-state index contributed by atoms with van der Waals surface area (Å²) in [5.74, 6) is -0.486. The van der Waals surface area contributed by atoms with Crippen molar-refractivity contribution in [2.75, 3.05) is 33.9 Å². The van der Waals surface area contributed by atoms with E-state index < -0.39 is 21.2 Å². The number of esters is 1. The second-order valence-electron chi connectivity index (χ2n) is 3.81. The molecule has 0 bridgehead atoms. The van der Waals surface area contributed by atoms with E-state index in [2.05, 4.69) is 4.74 Å². The summed E-state index contributed by atoms with van der Waals surface area (Å²) < 4.78 is 34.9. The number of nitrogens with two attached hydrogens (primary N) is 1. The van der Waals surface area contributed by atoms with Gasteiger partial charge >= 0.3 is 5.97 Å². The van der Waals surface area contributed by atoms with E-state index in [4.69, 9.17) is 22.7 Å². The lowest BCUT2D eigenvalue weighted by Crippen LogP contribution is -2.45. The molecular weight excluding hydrogens is 292 g/mol. The number of hydrogen-bond acceptors (Lipinski definition) is 6. The molecule has 1 unspecified atom stereocenters. The predicted molar refractivity (Wildman–Crippen MR) is 75.2 cm³/mol. The normalized spacial score (nSPS) is 13.3. The zero-order chi connectivity index (χ0) is 15.1. The van der Waals surface area contributed by atoms with Crippen LogP contribution in [0.5, 0.6) is 0 Å². The average molecular weight is 312 g/mol. The van der Waals surface area contributed by atoms with Gasteiger partial charge in [-0.1, -0.05) is 12.2 Å². The van der Waals surface area contributed by atoms with Crippen molar-refractivity contribution in [1.29, 1.82) is 0 Å².